The minimum absolute atomic E-state index is 0.213. The van der Waals surface area contributed by atoms with E-state index in [1.165, 1.54) is 0 Å². The summed E-state index contributed by atoms with van der Waals surface area (Å²) in [4.78, 5) is 17.9. The number of anilines is 1. The number of esters is 1. The van der Waals surface area contributed by atoms with Crippen LogP contribution >= 0.6 is 0 Å². The van der Waals surface area contributed by atoms with Crippen LogP contribution in [0.4, 0.5) is 5.82 Å². The maximum atomic E-state index is 11.6. The molecule has 0 amide bonds. The number of hydrogen-bond donors (Lipinski definition) is 0. The molecule has 0 spiro atoms. The van der Waals surface area contributed by atoms with Gasteiger partial charge in [-0.1, -0.05) is 13.0 Å². The third-order valence-corrected chi connectivity index (χ3v) is 2.44. The molecule has 0 fully saturated rings. The predicted molar refractivity (Wildman–Crippen MR) is 74.5 cm³/mol. The molecule has 0 atom stereocenters. The number of nitrogens with zero attached hydrogens (tertiary/aromatic N) is 2. The summed E-state index contributed by atoms with van der Waals surface area (Å²) in [7, 11) is 0. The molecule has 0 radical (unpaired) electrons. The second kappa shape index (κ2) is 8.34. The summed E-state index contributed by atoms with van der Waals surface area (Å²) in [6.45, 7) is 7.70. The van der Waals surface area contributed by atoms with E-state index < -0.39 is 0 Å². The first-order valence-electron chi connectivity index (χ1n) is 6.71. The van der Waals surface area contributed by atoms with Crippen molar-refractivity contribution in [3.05, 3.63) is 18.2 Å². The van der Waals surface area contributed by atoms with Crippen LogP contribution in [0, 0.1) is 0 Å². The van der Waals surface area contributed by atoms with Gasteiger partial charge < -0.3 is 14.4 Å². The van der Waals surface area contributed by atoms with Crippen LogP contribution in [0.2, 0.25) is 0 Å². The highest BCUT2D eigenvalue weighted by Gasteiger charge is 2.13. The largest absolute Gasteiger partial charge is 0.478 e. The van der Waals surface area contributed by atoms with E-state index in [4.69, 9.17) is 9.47 Å². The molecule has 1 aromatic heterocycles. The van der Waals surface area contributed by atoms with Gasteiger partial charge >= 0.3 is 5.97 Å². The summed E-state index contributed by atoms with van der Waals surface area (Å²) < 4.78 is 10.4. The Kier molecular flexibility index (Phi) is 6.71. The van der Waals surface area contributed by atoms with Crippen molar-refractivity contribution in [1.82, 2.24) is 4.98 Å². The van der Waals surface area contributed by atoms with Gasteiger partial charge in [-0.3, -0.25) is 4.79 Å². The molecule has 106 valence electrons. The molecule has 0 aliphatic heterocycles. The summed E-state index contributed by atoms with van der Waals surface area (Å²) in [6.07, 6.45) is 0.931. The Balaban J connectivity index is 2.79. The molecule has 1 rings (SSSR count). The lowest BCUT2D eigenvalue weighted by atomic mass is 10.3. The third-order valence-electron chi connectivity index (χ3n) is 2.44. The van der Waals surface area contributed by atoms with Crippen molar-refractivity contribution in [2.24, 2.45) is 0 Å². The second-order valence-corrected chi connectivity index (χ2v) is 3.99. The normalized spacial score (nSPS) is 10.1. The number of aromatic nitrogens is 1. The van der Waals surface area contributed by atoms with Gasteiger partial charge in [-0.05, 0) is 26.3 Å². The zero-order chi connectivity index (χ0) is 14.1. The molecule has 0 saturated heterocycles. The van der Waals surface area contributed by atoms with Crippen LogP contribution in [0.3, 0.4) is 0 Å². The summed E-state index contributed by atoms with van der Waals surface area (Å²) >= 11 is 0. The Bertz CT molecular complexity index is 396. The molecule has 5 heteroatoms. The second-order valence-electron chi connectivity index (χ2n) is 3.99. The van der Waals surface area contributed by atoms with Crippen molar-refractivity contribution in [3.8, 4) is 5.88 Å². The maximum absolute atomic E-state index is 11.6. The lowest BCUT2D eigenvalue weighted by molar-refractivity contribution is -0.141. The van der Waals surface area contributed by atoms with E-state index in [0.29, 0.717) is 19.1 Å². The fourth-order valence-corrected chi connectivity index (χ4v) is 1.72. The first kappa shape index (κ1) is 15.3. The molecule has 0 aliphatic carbocycles. The van der Waals surface area contributed by atoms with Crippen LogP contribution in [-0.2, 0) is 9.53 Å². The number of pyridine rings is 1. The van der Waals surface area contributed by atoms with E-state index >= 15 is 0 Å². The minimum Gasteiger partial charge on any atom is -0.478 e. The van der Waals surface area contributed by atoms with E-state index in [-0.39, 0.29) is 12.5 Å². The van der Waals surface area contributed by atoms with Gasteiger partial charge in [0, 0.05) is 12.6 Å². The first-order valence-corrected chi connectivity index (χ1v) is 6.71. The van der Waals surface area contributed by atoms with Crippen LogP contribution in [-0.4, -0.2) is 37.3 Å². The van der Waals surface area contributed by atoms with Crippen molar-refractivity contribution in [3.63, 3.8) is 0 Å². The first-order chi connectivity index (χ1) is 9.21. The summed E-state index contributed by atoms with van der Waals surface area (Å²) in [5.41, 5.74) is 0. The fraction of sp³-hybridized carbons (Fsp3) is 0.571. The van der Waals surface area contributed by atoms with Gasteiger partial charge in [0.2, 0.25) is 5.88 Å². The Morgan fingerprint density at radius 3 is 2.68 bits per heavy atom. The van der Waals surface area contributed by atoms with Crippen LogP contribution in [0.1, 0.15) is 27.2 Å². The number of carbonyl (C=O) groups is 1. The van der Waals surface area contributed by atoms with Crippen molar-refractivity contribution in [2.75, 3.05) is 31.2 Å². The number of rotatable bonds is 8. The van der Waals surface area contributed by atoms with Gasteiger partial charge in [0.25, 0.3) is 0 Å². The van der Waals surface area contributed by atoms with Gasteiger partial charge in [-0.2, -0.15) is 4.98 Å². The average molecular weight is 266 g/mol. The van der Waals surface area contributed by atoms with Gasteiger partial charge in [0.15, 0.2) is 0 Å². The van der Waals surface area contributed by atoms with Crippen molar-refractivity contribution < 1.29 is 14.3 Å². The minimum atomic E-state index is -0.237. The SMILES string of the molecule is CCCN(CC(=O)OCC)c1cccc(OCC)n1. The Morgan fingerprint density at radius 1 is 1.26 bits per heavy atom. The van der Waals surface area contributed by atoms with E-state index in [2.05, 4.69) is 11.9 Å². The van der Waals surface area contributed by atoms with Crippen LogP contribution < -0.4 is 9.64 Å². The van der Waals surface area contributed by atoms with E-state index in [9.17, 15) is 4.79 Å². The Labute approximate surface area is 114 Å². The van der Waals surface area contributed by atoms with Crippen LogP contribution in [0.15, 0.2) is 18.2 Å². The summed E-state index contributed by atoms with van der Waals surface area (Å²) in [6, 6.07) is 5.56. The highest BCUT2D eigenvalue weighted by molar-refractivity contribution is 5.75. The van der Waals surface area contributed by atoms with Crippen LogP contribution in [0.5, 0.6) is 5.88 Å². The topological polar surface area (TPSA) is 51.7 Å². The van der Waals surface area contributed by atoms with Gasteiger partial charge in [0.05, 0.1) is 13.2 Å². The molecule has 0 N–H and O–H groups in total. The fourth-order valence-electron chi connectivity index (χ4n) is 1.72. The number of ether oxygens (including phenoxy) is 2. The Hall–Kier alpha value is -1.78. The molecule has 1 heterocycles. The lowest BCUT2D eigenvalue weighted by Crippen LogP contribution is -2.32. The van der Waals surface area contributed by atoms with Gasteiger partial charge in [-0.15, -0.1) is 0 Å². The maximum Gasteiger partial charge on any atom is 0.325 e. The lowest BCUT2D eigenvalue weighted by Gasteiger charge is -2.22. The third kappa shape index (κ3) is 5.16. The van der Waals surface area contributed by atoms with Crippen molar-refractivity contribution in [2.45, 2.75) is 27.2 Å². The molecule has 5 nitrogen and oxygen atoms in total. The molecule has 1 aromatic rings. The van der Waals surface area contributed by atoms with Crippen molar-refractivity contribution >= 4 is 11.8 Å². The zero-order valence-corrected chi connectivity index (χ0v) is 11.9. The molecule has 0 saturated carbocycles. The zero-order valence-electron chi connectivity index (χ0n) is 11.9. The van der Waals surface area contributed by atoms with E-state index in [1.807, 2.05) is 30.0 Å². The Morgan fingerprint density at radius 2 is 2.05 bits per heavy atom. The molecular formula is C14H22N2O3. The monoisotopic (exact) mass is 266 g/mol. The molecule has 19 heavy (non-hydrogen) atoms. The number of hydrogen-bond acceptors (Lipinski definition) is 5. The number of carbonyl (C=O) groups excluding carboxylic acids is 1. The molecule has 0 aromatic carbocycles. The molecule has 0 aliphatic rings. The van der Waals surface area contributed by atoms with Crippen molar-refractivity contribution in [1.29, 1.82) is 0 Å². The summed E-state index contributed by atoms with van der Waals surface area (Å²) in [5, 5.41) is 0. The molecule has 0 unspecified atom stereocenters. The van der Waals surface area contributed by atoms with Crippen LogP contribution in [0.25, 0.3) is 0 Å². The highest BCUT2D eigenvalue weighted by atomic mass is 16.5. The molecular weight excluding hydrogens is 244 g/mol. The standard InChI is InChI=1S/C14H22N2O3/c1-4-10-16(11-14(17)19-6-3)12-8-7-9-13(15-12)18-5-2/h7-9H,4-6,10-11H2,1-3H3. The van der Waals surface area contributed by atoms with Gasteiger partial charge in [0.1, 0.15) is 12.4 Å². The van der Waals surface area contributed by atoms with E-state index in [0.717, 1.165) is 18.8 Å². The van der Waals surface area contributed by atoms with E-state index in [1.54, 1.807) is 6.92 Å². The van der Waals surface area contributed by atoms with Gasteiger partial charge in [-0.25, -0.2) is 0 Å². The predicted octanol–water partition coefficient (Wildman–Crippen LogP) is 2.26. The average Bonchev–Trinajstić information content (AvgIpc) is 2.39. The molecule has 0 bridgehead atoms. The highest BCUT2D eigenvalue weighted by Crippen LogP contribution is 2.16. The summed E-state index contributed by atoms with van der Waals surface area (Å²) in [5.74, 6) is 1.07. The smallest absolute Gasteiger partial charge is 0.325 e. The quantitative estimate of drug-likeness (QED) is 0.675.